The first-order valence-electron chi connectivity index (χ1n) is 10.3. The third-order valence-corrected chi connectivity index (χ3v) is 7.39. The third-order valence-electron chi connectivity index (χ3n) is 4.60. The van der Waals surface area contributed by atoms with E-state index >= 15 is 0 Å². The van der Waals surface area contributed by atoms with E-state index in [9.17, 15) is 26.9 Å². The lowest BCUT2D eigenvalue weighted by atomic mass is 10.3. The smallest absolute Gasteiger partial charge is 0.269 e. The number of sulfonamides is 2. The van der Waals surface area contributed by atoms with Crippen molar-refractivity contribution in [3.63, 3.8) is 0 Å². The van der Waals surface area contributed by atoms with E-state index in [1.165, 1.54) is 36.4 Å². The van der Waals surface area contributed by atoms with Crippen LogP contribution in [0.4, 0.5) is 22.7 Å². The van der Waals surface area contributed by atoms with Crippen molar-refractivity contribution in [3.8, 4) is 0 Å². The lowest BCUT2D eigenvalue weighted by Crippen LogP contribution is -2.12. The molecule has 36 heavy (non-hydrogen) atoms. The molecule has 0 aliphatic heterocycles. The molecule has 0 fully saturated rings. The van der Waals surface area contributed by atoms with E-state index in [-0.39, 0.29) is 21.2 Å². The Hall–Kier alpha value is -4.42. The van der Waals surface area contributed by atoms with Gasteiger partial charge in [0.2, 0.25) is 0 Å². The van der Waals surface area contributed by atoms with Crippen molar-refractivity contribution in [1.82, 2.24) is 0 Å². The fourth-order valence-corrected chi connectivity index (χ4v) is 4.99. The molecule has 0 spiro atoms. The fourth-order valence-electron chi connectivity index (χ4n) is 2.83. The van der Waals surface area contributed by atoms with Crippen LogP contribution in [0.5, 0.6) is 0 Å². The largest absolute Gasteiger partial charge is 0.399 e. The summed E-state index contributed by atoms with van der Waals surface area (Å²) in [6.07, 6.45) is 0. The summed E-state index contributed by atoms with van der Waals surface area (Å²) in [5.74, 6) is 0. The summed E-state index contributed by atoms with van der Waals surface area (Å²) in [5, 5.41) is 10.5. The first-order chi connectivity index (χ1) is 17.1. The topological polar surface area (TPSA) is 162 Å². The van der Waals surface area contributed by atoms with Gasteiger partial charge in [0, 0.05) is 29.2 Å². The Morgan fingerprint density at radius 1 is 0.583 bits per heavy atom. The molecule has 4 N–H and O–H groups in total. The summed E-state index contributed by atoms with van der Waals surface area (Å²) in [6.45, 7) is 0. The molecule has 0 amide bonds. The second-order valence-electron chi connectivity index (χ2n) is 7.26. The number of nitro groups is 1. The Bertz CT molecular complexity index is 1510. The molecule has 4 aromatic carbocycles. The lowest BCUT2D eigenvalue weighted by Gasteiger charge is -2.07. The Balaban J connectivity index is 0.000000202. The SMILES string of the molecule is Nc1ccc(NS(=O)(=O)c2ccccc2)cc1.O=[N+]([O-])c1ccc(NS(=O)(=O)c2ccccc2)cc1. The van der Waals surface area contributed by atoms with Gasteiger partial charge in [0.25, 0.3) is 25.7 Å². The molecular weight excluding hydrogens is 504 g/mol. The summed E-state index contributed by atoms with van der Waals surface area (Å²) in [5.41, 5.74) is 6.78. The first-order valence-corrected chi connectivity index (χ1v) is 13.3. The number of benzene rings is 4. The van der Waals surface area contributed by atoms with Crippen molar-refractivity contribution < 1.29 is 21.8 Å². The normalized spacial score (nSPS) is 11.0. The maximum absolute atomic E-state index is 12.0. The van der Waals surface area contributed by atoms with Crippen LogP contribution < -0.4 is 15.2 Å². The number of nitrogens with one attached hydrogen (secondary N) is 2. The highest BCUT2D eigenvalue weighted by Gasteiger charge is 2.14. The molecule has 0 atom stereocenters. The van der Waals surface area contributed by atoms with Gasteiger partial charge in [-0.15, -0.1) is 0 Å². The first kappa shape index (κ1) is 26.2. The minimum Gasteiger partial charge on any atom is -0.399 e. The van der Waals surface area contributed by atoms with Crippen LogP contribution in [0.2, 0.25) is 0 Å². The molecule has 0 radical (unpaired) electrons. The lowest BCUT2D eigenvalue weighted by molar-refractivity contribution is -0.384. The summed E-state index contributed by atoms with van der Waals surface area (Å²) < 4.78 is 52.7. The van der Waals surface area contributed by atoms with Gasteiger partial charge in [0.1, 0.15) is 0 Å². The standard InChI is InChI=1S/C12H10N2O4S.C12H12N2O2S/c15-14(16)11-8-6-10(7-9-11)13-19(17,18)12-4-2-1-3-5-12;13-10-6-8-11(9-7-10)14-17(15,16)12-4-2-1-3-5-12/h1-9,13H;1-9,14H,13H2. The molecule has 0 saturated carbocycles. The van der Waals surface area contributed by atoms with Crippen molar-refractivity contribution in [1.29, 1.82) is 0 Å². The van der Waals surface area contributed by atoms with Gasteiger partial charge < -0.3 is 5.73 Å². The zero-order valence-electron chi connectivity index (χ0n) is 18.7. The molecule has 0 unspecified atom stereocenters. The van der Waals surface area contributed by atoms with E-state index in [0.717, 1.165) is 0 Å². The van der Waals surface area contributed by atoms with Crippen LogP contribution in [-0.2, 0) is 20.0 Å². The van der Waals surface area contributed by atoms with Crippen molar-refractivity contribution in [2.75, 3.05) is 15.2 Å². The summed E-state index contributed by atoms with van der Waals surface area (Å²) in [6, 6.07) is 27.8. The van der Waals surface area contributed by atoms with Crippen molar-refractivity contribution in [2.24, 2.45) is 0 Å². The summed E-state index contributed by atoms with van der Waals surface area (Å²) in [7, 11) is -7.18. The fraction of sp³-hybridized carbons (Fsp3) is 0. The number of non-ortho nitro benzene ring substituents is 1. The maximum Gasteiger partial charge on any atom is 0.269 e. The highest BCUT2D eigenvalue weighted by molar-refractivity contribution is 7.93. The van der Waals surface area contributed by atoms with Crippen LogP contribution in [0.25, 0.3) is 0 Å². The van der Waals surface area contributed by atoms with Crippen LogP contribution in [0.1, 0.15) is 0 Å². The van der Waals surface area contributed by atoms with Gasteiger partial charge in [0.05, 0.1) is 14.7 Å². The second kappa shape index (κ2) is 11.3. The molecule has 4 rings (SSSR count). The van der Waals surface area contributed by atoms with Crippen LogP contribution in [0.15, 0.2) is 119 Å². The van der Waals surface area contributed by atoms with E-state index < -0.39 is 25.0 Å². The number of nitro benzene ring substituents is 1. The maximum atomic E-state index is 12.0. The monoisotopic (exact) mass is 526 g/mol. The van der Waals surface area contributed by atoms with E-state index in [2.05, 4.69) is 9.44 Å². The molecule has 186 valence electrons. The van der Waals surface area contributed by atoms with E-state index in [1.807, 2.05) is 0 Å². The average molecular weight is 527 g/mol. The van der Waals surface area contributed by atoms with E-state index in [0.29, 0.717) is 11.4 Å². The van der Waals surface area contributed by atoms with Gasteiger partial charge in [0.15, 0.2) is 0 Å². The Morgan fingerprint density at radius 3 is 1.31 bits per heavy atom. The molecule has 0 aromatic heterocycles. The van der Waals surface area contributed by atoms with Crippen LogP contribution >= 0.6 is 0 Å². The van der Waals surface area contributed by atoms with Crippen molar-refractivity contribution in [2.45, 2.75) is 9.79 Å². The predicted octanol–water partition coefficient (Wildman–Crippen LogP) is 4.47. The third kappa shape index (κ3) is 7.29. The second-order valence-corrected chi connectivity index (χ2v) is 10.6. The van der Waals surface area contributed by atoms with Gasteiger partial charge >= 0.3 is 0 Å². The van der Waals surface area contributed by atoms with Gasteiger partial charge in [-0.05, 0) is 60.7 Å². The summed E-state index contributed by atoms with van der Waals surface area (Å²) in [4.78, 5) is 10.3. The zero-order chi connectivity index (χ0) is 26.2. The molecule has 0 aliphatic rings. The molecule has 0 heterocycles. The Kier molecular flexibility index (Phi) is 8.25. The van der Waals surface area contributed by atoms with Crippen molar-refractivity contribution >= 4 is 42.8 Å². The predicted molar refractivity (Wildman–Crippen MR) is 138 cm³/mol. The minimum absolute atomic E-state index is 0.0948. The Labute approximate surface area is 208 Å². The molecule has 0 aliphatic carbocycles. The zero-order valence-corrected chi connectivity index (χ0v) is 20.3. The van der Waals surface area contributed by atoms with Crippen LogP contribution in [0, 0.1) is 10.1 Å². The molecule has 12 heteroatoms. The van der Waals surface area contributed by atoms with Crippen LogP contribution in [0.3, 0.4) is 0 Å². The van der Waals surface area contributed by atoms with E-state index in [4.69, 9.17) is 5.73 Å². The highest BCUT2D eigenvalue weighted by atomic mass is 32.2. The highest BCUT2D eigenvalue weighted by Crippen LogP contribution is 2.19. The van der Waals surface area contributed by atoms with Gasteiger partial charge in [-0.1, -0.05) is 36.4 Å². The molecular formula is C24H22N4O6S2. The quantitative estimate of drug-likeness (QED) is 0.182. The van der Waals surface area contributed by atoms with Gasteiger partial charge in [-0.2, -0.15) is 0 Å². The number of nitrogens with two attached hydrogens (primary N) is 1. The van der Waals surface area contributed by atoms with Crippen molar-refractivity contribution in [3.05, 3.63) is 119 Å². The Morgan fingerprint density at radius 2 is 0.944 bits per heavy atom. The molecule has 0 saturated heterocycles. The van der Waals surface area contributed by atoms with Gasteiger partial charge in [-0.25, -0.2) is 16.8 Å². The number of nitrogens with zero attached hydrogens (tertiary/aromatic N) is 1. The number of anilines is 3. The van der Waals surface area contributed by atoms with Gasteiger partial charge in [-0.3, -0.25) is 19.6 Å². The summed E-state index contributed by atoms with van der Waals surface area (Å²) >= 11 is 0. The molecule has 4 aromatic rings. The van der Waals surface area contributed by atoms with E-state index in [1.54, 1.807) is 72.8 Å². The average Bonchev–Trinajstić information content (AvgIpc) is 2.87. The molecule has 10 nitrogen and oxygen atoms in total. The number of hydrogen-bond donors (Lipinski definition) is 3. The molecule has 0 bridgehead atoms. The number of hydrogen-bond acceptors (Lipinski definition) is 7. The minimum atomic E-state index is -3.67. The number of nitrogen functional groups attached to an aromatic ring is 1. The number of rotatable bonds is 7. The van der Waals surface area contributed by atoms with Crippen LogP contribution in [-0.4, -0.2) is 21.8 Å².